The van der Waals surface area contributed by atoms with E-state index in [0.717, 1.165) is 12.2 Å². The van der Waals surface area contributed by atoms with Gasteiger partial charge >= 0.3 is 0 Å². The van der Waals surface area contributed by atoms with Crippen molar-refractivity contribution in [2.24, 2.45) is 0 Å². The summed E-state index contributed by atoms with van der Waals surface area (Å²) < 4.78 is 0. The topological polar surface area (TPSA) is 28.7 Å². The molecule has 58 valence electrons. The zero-order chi connectivity index (χ0) is 7.94. The minimum Gasteiger partial charge on any atom is -0.348 e. The molecule has 2 heteroatoms. The Morgan fingerprint density at radius 1 is 1.55 bits per heavy atom. The largest absolute Gasteiger partial charge is 0.348 e. The highest BCUT2D eigenvalue weighted by atomic mass is 14.9. The second kappa shape index (κ2) is 4.50. The van der Waals surface area contributed by atoms with Crippen LogP contribution in [0.4, 0.5) is 0 Å². The van der Waals surface area contributed by atoms with E-state index in [0.29, 0.717) is 0 Å². The highest BCUT2D eigenvalue weighted by Gasteiger charge is 1.86. The molecule has 0 bridgehead atoms. The molecular formula is C9H12N2. The third-order valence-corrected chi connectivity index (χ3v) is 1.31. The van der Waals surface area contributed by atoms with Crippen molar-refractivity contribution in [2.75, 3.05) is 0 Å². The van der Waals surface area contributed by atoms with Gasteiger partial charge in [-0.25, -0.2) is 4.98 Å². The molecule has 1 aromatic heterocycles. The SMILES string of the molecule is CC=CC=CCc1ncc[nH]1. The van der Waals surface area contributed by atoms with Crippen LogP contribution < -0.4 is 0 Å². The van der Waals surface area contributed by atoms with Gasteiger partial charge in [0.25, 0.3) is 0 Å². The van der Waals surface area contributed by atoms with E-state index in [9.17, 15) is 0 Å². The highest BCUT2D eigenvalue weighted by molar-refractivity contribution is 5.05. The predicted molar refractivity (Wildman–Crippen MR) is 46.2 cm³/mol. The molecule has 0 radical (unpaired) electrons. The van der Waals surface area contributed by atoms with Crippen molar-refractivity contribution in [3.05, 3.63) is 42.5 Å². The van der Waals surface area contributed by atoms with E-state index in [-0.39, 0.29) is 0 Å². The molecule has 0 aromatic carbocycles. The lowest BCUT2D eigenvalue weighted by molar-refractivity contribution is 1.06. The van der Waals surface area contributed by atoms with Gasteiger partial charge in [-0.05, 0) is 6.92 Å². The van der Waals surface area contributed by atoms with Crippen LogP contribution in [-0.2, 0) is 6.42 Å². The first-order chi connectivity index (χ1) is 5.43. The van der Waals surface area contributed by atoms with Crippen LogP contribution >= 0.6 is 0 Å². The lowest BCUT2D eigenvalue weighted by Gasteiger charge is -1.84. The second-order valence-electron chi connectivity index (χ2n) is 2.19. The van der Waals surface area contributed by atoms with Crippen LogP contribution in [0.3, 0.4) is 0 Å². The Hall–Kier alpha value is -1.31. The van der Waals surface area contributed by atoms with E-state index < -0.39 is 0 Å². The summed E-state index contributed by atoms with van der Waals surface area (Å²) in [5.74, 6) is 1.01. The lowest BCUT2D eigenvalue weighted by Crippen LogP contribution is -1.81. The number of aromatic amines is 1. The molecule has 0 fully saturated rings. The summed E-state index contributed by atoms with van der Waals surface area (Å²) in [5.41, 5.74) is 0. The smallest absolute Gasteiger partial charge is 0.109 e. The molecule has 0 amide bonds. The highest BCUT2D eigenvalue weighted by Crippen LogP contribution is 1.91. The first-order valence-electron chi connectivity index (χ1n) is 3.69. The van der Waals surface area contributed by atoms with Crippen LogP contribution in [0.15, 0.2) is 36.7 Å². The van der Waals surface area contributed by atoms with Crippen LogP contribution in [-0.4, -0.2) is 9.97 Å². The van der Waals surface area contributed by atoms with E-state index in [1.165, 1.54) is 0 Å². The van der Waals surface area contributed by atoms with Crippen molar-refractivity contribution in [3.8, 4) is 0 Å². The maximum absolute atomic E-state index is 4.08. The standard InChI is InChI=1S/C9H12N2/c1-2-3-4-5-6-9-10-7-8-11-9/h2-5,7-8H,6H2,1H3,(H,10,11). The second-order valence-corrected chi connectivity index (χ2v) is 2.19. The Balaban J connectivity index is 2.34. The summed E-state index contributed by atoms with van der Waals surface area (Å²) in [4.78, 5) is 7.11. The van der Waals surface area contributed by atoms with Crippen molar-refractivity contribution in [2.45, 2.75) is 13.3 Å². The number of H-pyrrole nitrogens is 1. The Labute approximate surface area is 66.7 Å². The lowest BCUT2D eigenvalue weighted by atomic mass is 10.3. The summed E-state index contributed by atoms with van der Waals surface area (Å²) in [6.45, 7) is 2.00. The minimum absolute atomic E-state index is 0.872. The average molecular weight is 148 g/mol. The van der Waals surface area contributed by atoms with Crippen LogP contribution in [0.2, 0.25) is 0 Å². The van der Waals surface area contributed by atoms with Gasteiger partial charge in [0.05, 0.1) is 0 Å². The molecule has 1 N–H and O–H groups in total. The Morgan fingerprint density at radius 2 is 2.45 bits per heavy atom. The van der Waals surface area contributed by atoms with Crippen molar-refractivity contribution in [3.63, 3.8) is 0 Å². The first-order valence-corrected chi connectivity index (χ1v) is 3.69. The van der Waals surface area contributed by atoms with Crippen LogP contribution in [0.25, 0.3) is 0 Å². The molecule has 1 heterocycles. The predicted octanol–water partition coefficient (Wildman–Crippen LogP) is 2.08. The van der Waals surface area contributed by atoms with E-state index in [2.05, 4.69) is 16.0 Å². The fourth-order valence-corrected chi connectivity index (χ4v) is 0.779. The third kappa shape index (κ3) is 2.85. The van der Waals surface area contributed by atoms with E-state index in [1.807, 2.05) is 31.3 Å². The summed E-state index contributed by atoms with van der Waals surface area (Å²) in [6.07, 6.45) is 12.6. The fourth-order valence-electron chi connectivity index (χ4n) is 0.779. The van der Waals surface area contributed by atoms with Crippen LogP contribution in [0, 0.1) is 0 Å². The van der Waals surface area contributed by atoms with Gasteiger partial charge in [-0.3, -0.25) is 0 Å². The maximum Gasteiger partial charge on any atom is 0.109 e. The molecule has 0 saturated heterocycles. The number of allylic oxidation sites excluding steroid dienone is 4. The molecule has 0 spiro atoms. The molecule has 1 rings (SSSR count). The van der Waals surface area contributed by atoms with Gasteiger partial charge in [-0.15, -0.1) is 0 Å². The Morgan fingerprint density at radius 3 is 3.09 bits per heavy atom. The number of hydrogen-bond donors (Lipinski definition) is 1. The molecular weight excluding hydrogens is 136 g/mol. The number of nitrogens with zero attached hydrogens (tertiary/aromatic N) is 1. The Kier molecular flexibility index (Phi) is 3.19. The summed E-state index contributed by atoms with van der Waals surface area (Å²) in [6, 6.07) is 0. The molecule has 0 aliphatic carbocycles. The first kappa shape index (κ1) is 7.79. The number of hydrogen-bond acceptors (Lipinski definition) is 1. The van der Waals surface area contributed by atoms with Gasteiger partial charge in [0.15, 0.2) is 0 Å². The van der Waals surface area contributed by atoms with Gasteiger partial charge in [-0.2, -0.15) is 0 Å². The van der Waals surface area contributed by atoms with Gasteiger partial charge in [0, 0.05) is 18.8 Å². The molecule has 0 aliphatic heterocycles. The summed E-state index contributed by atoms with van der Waals surface area (Å²) >= 11 is 0. The van der Waals surface area contributed by atoms with Crippen molar-refractivity contribution < 1.29 is 0 Å². The minimum atomic E-state index is 0.872. The molecule has 0 atom stereocenters. The molecule has 1 aromatic rings. The number of aromatic nitrogens is 2. The third-order valence-electron chi connectivity index (χ3n) is 1.31. The molecule has 0 unspecified atom stereocenters. The molecule has 11 heavy (non-hydrogen) atoms. The summed E-state index contributed by atoms with van der Waals surface area (Å²) in [5, 5.41) is 0. The number of imidazole rings is 1. The van der Waals surface area contributed by atoms with Gasteiger partial charge in [-0.1, -0.05) is 24.3 Å². The van der Waals surface area contributed by atoms with E-state index >= 15 is 0 Å². The normalized spacial score (nSPS) is 11.7. The monoisotopic (exact) mass is 148 g/mol. The zero-order valence-corrected chi connectivity index (χ0v) is 6.62. The molecule has 0 aliphatic rings. The van der Waals surface area contributed by atoms with Crippen LogP contribution in [0.1, 0.15) is 12.7 Å². The quantitative estimate of drug-likeness (QED) is 0.653. The fraction of sp³-hybridized carbons (Fsp3) is 0.222. The van der Waals surface area contributed by atoms with Crippen molar-refractivity contribution in [1.82, 2.24) is 9.97 Å². The van der Waals surface area contributed by atoms with Gasteiger partial charge < -0.3 is 4.98 Å². The zero-order valence-electron chi connectivity index (χ0n) is 6.62. The number of nitrogens with one attached hydrogen (secondary N) is 1. The van der Waals surface area contributed by atoms with Gasteiger partial charge in [0.2, 0.25) is 0 Å². The van der Waals surface area contributed by atoms with E-state index in [1.54, 1.807) is 6.20 Å². The van der Waals surface area contributed by atoms with E-state index in [4.69, 9.17) is 0 Å². The van der Waals surface area contributed by atoms with Crippen LogP contribution in [0.5, 0.6) is 0 Å². The van der Waals surface area contributed by atoms with Gasteiger partial charge in [0.1, 0.15) is 5.82 Å². The Bertz CT molecular complexity index is 232. The maximum atomic E-state index is 4.08. The number of rotatable bonds is 3. The molecule has 2 nitrogen and oxygen atoms in total. The van der Waals surface area contributed by atoms with Crippen molar-refractivity contribution >= 4 is 0 Å². The van der Waals surface area contributed by atoms with Crippen molar-refractivity contribution in [1.29, 1.82) is 0 Å². The molecule has 0 saturated carbocycles. The summed E-state index contributed by atoms with van der Waals surface area (Å²) in [7, 11) is 0. The average Bonchev–Trinajstić information content (AvgIpc) is 2.50.